The van der Waals surface area contributed by atoms with Crippen LogP contribution in [0.3, 0.4) is 0 Å². The van der Waals surface area contributed by atoms with E-state index >= 15 is 0 Å². The number of methoxy groups -OCH3 is 1. The zero-order valence-corrected chi connectivity index (χ0v) is 24.6. The summed E-state index contributed by atoms with van der Waals surface area (Å²) in [5, 5.41) is 9.93. The maximum absolute atomic E-state index is 9.93. The Hall–Kier alpha value is -5.40. The first-order valence-electron chi connectivity index (χ1n) is 14.4. The van der Waals surface area contributed by atoms with E-state index in [0.717, 1.165) is 33.5 Å². The van der Waals surface area contributed by atoms with Crippen LogP contribution < -0.4 is 4.74 Å². The number of benzene rings is 5. The van der Waals surface area contributed by atoms with E-state index in [4.69, 9.17) is 9.72 Å². The number of nitrogens with zero attached hydrogens (tertiary/aromatic N) is 3. The second kappa shape index (κ2) is 11.8. The van der Waals surface area contributed by atoms with Crippen LogP contribution in [0, 0.1) is 25.2 Å². The summed E-state index contributed by atoms with van der Waals surface area (Å²) >= 11 is 0. The lowest BCUT2D eigenvalue weighted by Gasteiger charge is -2.37. The molecular weight excluding hydrogens is 526 g/mol. The Kier molecular flexibility index (Phi) is 7.64. The SMILES string of the molecule is COc1c(C#N)cccc1C(c1cn(C(c2ccccc2)(c2ccccc2)c2ccccc2)cn1)c1cccc(C)c1C. The number of rotatable bonds is 8. The number of nitriles is 1. The maximum atomic E-state index is 9.93. The summed E-state index contributed by atoms with van der Waals surface area (Å²) in [6, 6.07) is 46.2. The first-order chi connectivity index (χ1) is 21.1. The third-order valence-corrected chi connectivity index (χ3v) is 8.50. The summed E-state index contributed by atoms with van der Waals surface area (Å²) in [6.07, 6.45) is 4.11. The number of hydrogen-bond acceptors (Lipinski definition) is 3. The van der Waals surface area contributed by atoms with E-state index in [-0.39, 0.29) is 5.92 Å². The summed E-state index contributed by atoms with van der Waals surface area (Å²) in [5.74, 6) is 0.315. The minimum Gasteiger partial charge on any atom is -0.495 e. The fourth-order valence-corrected chi connectivity index (χ4v) is 6.33. The van der Waals surface area contributed by atoms with Crippen LogP contribution in [0.15, 0.2) is 140 Å². The summed E-state index contributed by atoms with van der Waals surface area (Å²) < 4.78 is 8.12. The summed E-state index contributed by atoms with van der Waals surface area (Å²) in [6.45, 7) is 4.28. The van der Waals surface area contributed by atoms with E-state index in [0.29, 0.717) is 11.3 Å². The molecule has 0 saturated heterocycles. The van der Waals surface area contributed by atoms with Crippen molar-refractivity contribution < 1.29 is 4.74 Å². The van der Waals surface area contributed by atoms with Gasteiger partial charge < -0.3 is 9.30 Å². The van der Waals surface area contributed by atoms with Gasteiger partial charge in [0.2, 0.25) is 0 Å². The van der Waals surface area contributed by atoms with Crippen LogP contribution in [0.4, 0.5) is 0 Å². The number of imidazole rings is 1. The lowest BCUT2D eigenvalue weighted by Crippen LogP contribution is -2.37. The monoisotopic (exact) mass is 559 g/mol. The predicted molar refractivity (Wildman–Crippen MR) is 171 cm³/mol. The lowest BCUT2D eigenvalue weighted by atomic mass is 9.76. The van der Waals surface area contributed by atoms with Crippen LogP contribution in [-0.4, -0.2) is 16.7 Å². The minimum absolute atomic E-state index is 0.260. The largest absolute Gasteiger partial charge is 0.495 e. The van der Waals surface area contributed by atoms with Crippen molar-refractivity contribution in [3.05, 3.63) is 190 Å². The molecule has 43 heavy (non-hydrogen) atoms. The highest BCUT2D eigenvalue weighted by atomic mass is 16.5. The Morgan fingerprint density at radius 2 is 1.23 bits per heavy atom. The molecule has 1 unspecified atom stereocenters. The van der Waals surface area contributed by atoms with Crippen molar-refractivity contribution in [1.82, 2.24) is 9.55 Å². The number of aryl methyl sites for hydroxylation is 1. The molecule has 0 radical (unpaired) electrons. The van der Waals surface area contributed by atoms with E-state index in [1.807, 2.05) is 18.5 Å². The van der Waals surface area contributed by atoms with Gasteiger partial charge in [0, 0.05) is 11.8 Å². The van der Waals surface area contributed by atoms with Crippen molar-refractivity contribution in [2.45, 2.75) is 25.3 Å². The molecule has 1 heterocycles. The zero-order valence-electron chi connectivity index (χ0n) is 24.6. The zero-order chi connectivity index (χ0) is 29.8. The van der Waals surface area contributed by atoms with Gasteiger partial charge in [-0.05, 0) is 53.3 Å². The standard InChI is InChI=1S/C39H33N3O/c1-28-15-13-23-34(29(28)2)37(35-24-14-16-30(25-40)38(35)43-3)36-26-42(27-41-36)39(31-17-7-4-8-18-31,32-19-9-5-10-20-32)33-21-11-6-12-22-33/h4-24,26-27,37H,1-3H3. The van der Waals surface area contributed by atoms with Crippen LogP contribution >= 0.6 is 0 Å². The highest BCUT2D eigenvalue weighted by molar-refractivity contribution is 5.57. The molecule has 0 amide bonds. The fourth-order valence-electron chi connectivity index (χ4n) is 6.33. The third kappa shape index (κ3) is 4.79. The minimum atomic E-state index is -0.681. The summed E-state index contributed by atoms with van der Waals surface area (Å²) in [4.78, 5) is 5.14. The molecule has 0 bridgehead atoms. The first kappa shape index (κ1) is 27.8. The Labute approximate surface area is 253 Å². The number of ether oxygens (including phenoxy) is 1. The summed E-state index contributed by atoms with van der Waals surface area (Å²) in [7, 11) is 1.63. The Bertz CT molecular complexity index is 1790. The second-order valence-corrected chi connectivity index (χ2v) is 10.8. The van der Waals surface area contributed by atoms with E-state index in [2.05, 4.69) is 140 Å². The molecule has 0 aliphatic rings. The van der Waals surface area contributed by atoms with Gasteiger partial charge in [0.25, 0.3) is 0 Å². The van der Waals surface area contributed by atoms with Crippen molar-refractivity contribution in [2.24, 2.45) is 0 Å². The van der Waals surface area contributed by atoms with Crippen LogP contribution in [0.25, 0.3) is 0 Å². The van der Waals surface area contributed by atoms with Crippen molar-refractivity contribution in [3.8, 4) is 11.8 Å². The van der Waals surface area contributed by atoms with Gasteiger partial charge in [-0.3, -0.25) is 0 Å². The average molecular weight is 560 g/mol. The van der Waals surface area contributed by atoms with Crippen LogP contribution in [-0.2, 0) is 5.54 Å². The van der Waals surface area contributed by atoms with Gasteiger partial charge in [0.15, 0.2) is 0 Å². The second-order valence-electron chi connectivity index (χ2n) is 10.8. The van der Waals surface area contributed by atoms with Gasteiger partial charge in [0.1, 0.15) is 17.4 Å². The molecule has 0 fully saturated rings. The predicted octanol–water partition coefficient (Wildman–Crippen LogP) is 8.40. The Balaban J connectivity index is 1.66. The van der Waals surface area contributed by atoms with Gasteiger partial charge in [-0.15, -0.1) is 0 Å². The molecule has 210 valence electrons. The van der Waals surface area contributed by atoms with Gasteiger partial charge in [0.05, 0.1) is 30.6 Å². The molecule has 0 aliphatic carbocycles. The molecule has 6 aromatic rings. The molecule has 0 N–H and O–H groups in total. The molecule has 1 atom stereocenters. The van der Waals surface area contributed by atoms with Crippen LogP contribution in [0.1, 0.15) is 56.1 Å². The van der Waals surface area contributed by atoms with Crippen molar-refractivity contribution in [2.75, 3.05) is 7.11 Å². The van der Waals surface area contributed by atoms with Crippen molar-refractivity contribution in [3.63, 3.8) is 0 Å². The van der Waals surface area contributed by atoms with Crippen molar-refractivity contribution >= 4 is 0 Å². The summed E-state index contributed by atoms with van der Waals surface area (Å²) in [5.41, 5.74) is 8.50. The lowest BCUT2D eigenvalue weighted by molar-refractivity contribution is 0.407. The molecule has 5 aromatic carbocycles. The molecule has 4 nitrogen and oxygen atoms in total. The first-order valence-corrected chi connectivity index (χ1v) is 14.4. The molecule has 0 aliphatic heterocycles. The van der Waals surface area contributed by atoms with Gasteiger partial charge in [-0.1, -0.05) is 121 Å². The molecular formula is C39H33N3O. The molecule has 1 aromatic heterocycles. The quantitative estimate of drug-likeness (QED) is 0.176. The van der Waals surface area contributed by atoms with E-state index in [1.165, 1.54) is 11.1 Å². The topological polar surface area (TPSA) is 50.8 Å². The molecule has 0 spiro atoms. The normalized spacial score (nSPS) is 12.0. The Morgan fingerprint density at radius 1 is 0.698 bits per heavy atom. The molecule has 0 saturated carbocycles. The third-order valence-electron chi connectivity index (χ3n) is 8.50. The van der Waals surface area contributed by atoms with Crippen LogP contribution in [0.5, 0.6) is 5.75 Å². The average Bonchev–Trinajstić information content (AvgIpc) is 3.55. The smallest absolute Gasteiger partial charge is 0.140 e. The Morgan fingerprint density at radius 3 is 1.77 bits per heavy atom. The molecule has 6 rings (SSSR count). The van der Waals surface area contributed by atoms with E-state index in [1.54, 1.807) is 13.2 Å². The number of hydrogen-bond donors (Lipinski definition) is 0. The molecule has 4 heteroatoms. The van der Waals surface area contributed by atoms with E-state index in [9.17, 15) is 5.26 Å². The van der Waals surface area contributed by atoms with Gasteiger partial charge >= 0.3 is 0 Å². The van der Waals surface area contributed by atoms with Crippen LogP contribution in [0.2, 0.25) is 0 Å². The van der Waals surface area contributed by atoms with E-state index < -0.39 is 5.54 Å². The fraction of sp³-hybridized carbons (Fsp3) is 0.128. The highest BCUT2D eigenvalue weighted by Gasteiger charge is 2.39. The highest BCUT2D eigenvalue weighted by Crippen LogP contribution is 2.44. The number of para-hydroxylation sites is 1. The maximum Gasteiger partial charge on any atom is 0.140 e. The van der Waals surface area contributed by atoms with Gasteiger partial charge in [-0.2, -0.15) is 5.26 Å². The van der Waals surface area contributed by atoms with Crippen molar-refractivity contribution in [1.29, 1.82) is 5.26 Å². The van der Waals surface area contributed by atoms with Gasteiger partial charge in [-0.25, -0.2) is 4.98 Å². The number of aromatic nitrogens is 2.